The zero-order chi connectivity index (χ0) is 10.3. The number of rotatable bonds is 1. The Balaban J connectivity index is 1.69. The van der Waals surface area contributed by atoms with Crippen LogP contribution >= 0.6 is 0 Å². The highest BCUT2D eigenvalue weighted by molar-refractivity contribution is 5.78. The third-order valence-electron chi connectivity index (χ3n) is 3.99. The van der Waals surface area contributed by atoms with Gasteiger partial charge in [0.15, 0.2) is 0 Å². The molecule has 2 atom stereocenters. The van der Waals surface area contributed by atoms with Gasteiger partial charge in [-0.15, -0.1) is 0 Å². The number of amides is 2. The first kappa shape index (κ1) is 9.46. The molecule has 3 fully saturated rings. The van der Waals surface area contributed by atoms with E-state index in [2.05, 4.69) is 15.1 Å². The second kappa shape index (κ2) is 3.67. The lowest BCUT2D eigenvalue weighted by Gasteiger charge is -2.31. The first-order valence-electron chi connectivity index (χ1n) is 6.14. The summed E-state index contributed by atoms with van der Waals surface area (Å²) in [6.07, 6.45) is 4.80. The number of nitrogens with one attached hydrogen (secondary N) is 1. The number of carbonyl (C=O) groups is 1. The molecule has 4 nitrogen and oxygen atoms in total. The van der Waals surface area contributed by atoms with E-state index in [0.29, 0.717) is 18.1 Å². The zero-order valence-electron chi connectivity index (χ0n) is 9.11. The van der Waals surface area contributed by atoms with E-state index in [9.17, 15) is 4.79 Å². The van der Waals surface area contributed by atoms with Gasteiger partial charge in [0.05, 0.1) is 6.04 Å². The zero-order valence-corrected chi connectivity index (χ0v) is 9.11. The SMILES string of the molecule is O=C1N2CCCC2CN1C1CCCNC1. The Morgan fingerprint density at radius 2 is 2.00 bits per heavy atom. The van der Waals surface area contributed by atoms with Crippen LogP contribution in [0, 0.1) is 0 Å². The van der Waals surface area contributed by atoms with Gasteiger partial charge in [-0.2, -0.15) is 0 Å². The van der Waals surface area contributed by atoms with E-state index in [1.165, 1.54) is 25.7 Å². The summed E-state index contributed by atoms with van der Waals surface area (Å²) in [6.45, 7) is 4.07. The molecule has 3 saturated heterocycles. The van der Waals surface area contributed by atoms with Crippen LogP contribution in [0.15, 0.2) is 0 Å². The summed E-state index contributed by atoms with van der Waals surface area (Å²) >= 11 is 0. The maximum absolute atomic E-state index is 12.1. The van der Waals surface area contributed by atoms with Crippen molar-refractivity contribution in [2.75, 3.05) is 26.2 Å². The Kier molecular flexibility index (Phi) is 2.31. The van der Waals surface area contributed by atoms with E-state index in [1.807, 2.05) is 0 Å². The topological polar surface area (TPSA) is 35.6 Å². The lowest BCUT2D eigenvalue weighted by molar-refractivity contribution is 0.168. The highest BCUT2D eigenvalue weighted by Crippen LogP contribution is 2.28. The molecule has 0 aromatic rings. The molecular formula is C11H19N3O. The van der Waals surface area contributed by atoms with Gasteiger partial charge in [0, 0.05) is 25.7 Å². The molecule has 0 aromatic heterocycles. The van der Waals surface area contributed by atoms with Crippen molar-refractivity contribution in [1.82, 2.24) is 15.1 Å². The van der Waals surface area contributed by atoms with Crippen LogP contribution in [0.25, 0.3) is 0 Å². The molecule has 3 aliphatic heterocycles. The van der Waals surface area contributed by atoms with Crippen LogP contribution in [0.1, 0.15) is 25.7 Å². The van der Waals surface area contributed by atoms with E-state index in [0.717, 1.165) is 26.2 Å². The van der Waals surface area contributed by atoms with Gasteiger partial charge in [-0.25, -0.2) is 4.79 Å². The number of hydrogen-bond acceptors (Lipinski definition) is 2. The summed E-state index contributed by atoms with van der Waals surface area (Å²) in [7, 11) is 0. The van der Waals surface area contributed by atoms with Gasteiger partial charge < -0.3 is 15.1 Å². The summed E-state index contributed by atoms with van der Waals surface area (Å²) in [5.74, 6) is 0. The number of fused-ring (bicyclic) bond motifs is 1. The van der Waals surface area contributed by atoms with Crippen LogP contribution in [-0.4, -0.2) is 54.1 Å². The molecule has 84 valence electrons. The largest absolute Gasteiger partial charge is 0.320 e. The van der Waals surface area contributed by atoms with Crippen molar-refractivity contribution in [3.8, 4) is 0 Å². The molecule has 15 heavy (non-hydrogen) atoms. The van der Waals surface area contributed by atoms with Crippen LogP contribution in [-0.2, 0) is 0 Å². The van der Waals surface area contributed by atoms with Gasteiger partial charge in [-0.1, -0.05) is 0 Å². The Hall–Kier alpha value is -0.770. The number of urea groups is 1. The standard InChI is InChI=1S/C11H19N3O/c15-11-13-6-2-4-10(13)8-14(11)9-3-1-5-12-7-9/h9-10,12H,1-8H2. The van der Waals surface area contributed by atoms with Crippen molar-refractivity contribution < 1.29 is 4.79 Å². The fraction of sp³-hybridized carbons (Fsp3) is 0.909. The van der Waals surface area contributed by atoms with Gasteiger partial charge >= 0.3 is 6.03 Å². The van der Waals surface area contributed by atoms with Crippen LogP contribution in [0.3, 0.4) is 0 Å². The van der Waals surface area contributed by atoms with Gasteiger partial charge in [-0.05, 0) is 32.2 Å². The molecule has 0 saturated carbocycles. The van der Waals surface area contributed by atoms with Crippen molar-refractivity contribution in [3.63, 3.8) is 0 Å². The van der Waals surface area contributed by atoms with Gasteiger partial charge in [0.25, 0.3) is 0 Å². The number of piperidine rings is 1. The summed E-state index contributed by atoms with van der Waals surface area (Å²) in [4.78, 5) is 16.3. The molecule has 0 radical (unpaired) electrons. The third kappa shape index (κ3) is 1.51. The van der Waals surface area contributed by atoms with Crippen molar-refractivity contribution >= 4 is 6.03 Å². The molecule has 2 unspecified atom stereocenters. The second-order valence-corrected chi connectivity index (χ2v) is 4.92. The van der Waals surface area contributed by atoms with E-state index in [4.69, 9.17) is 0 Å². The summed E-state index contributed by atoms with van der Waals surface area (Å²) < 4.78 is 0. The molecule has 0 aromatic carbocycles. The van der Waals surface area contributed by atoms with E-state index < -0.39 is 0 Å². The number of carbonyl (C=O) groups excluding carboxylic acids is 1. The molecular weight excluding hydrogens is 190 g/mol. The molecule has 3 heterocycles. The average Bonchev–Trinajstić information content (AvgIpc) is 2.83. The van der Waals surface area contributed by atoms with Crippen LogP contribution < -0.4 is 5.32 Å². The minimum atomic E-state index is 0.297. The number of hydrogen-bond donors (Lipinski definition) is 1. The molecule has 0 bridgehead atoms. The molecule has 4 heteroatoms. The molecule has 3 aliphatic rings. The molecule has 0 spiro atoms. The lowest BCUT2D eigenvalue weighted by Crippen LogP contribution is -2.47. The minimum Gasteiger partial charge on any atom is -0.320 e. The fourth-order valence-electron chi connectivity index (χ4n) is 3.15. The Bertz CT molecular complexity index is 263. The summed E-state index contributed by atoms with van der Waals surface area (Å²) in [5, 5.41) is 3.39. The highest BCUT2D eigenvalue weighted by Gasteiger charge is 2.42. The maximum atomic E-state index is 12.1. The Morgan fingerprint density at radius 1 is 1.13 bits per heavy atom. The van der Waals surface area contributed by atoms with Crippen molar-refractivity contribution in [2.45, 2.75) is 37.8 Å². The van der Waals surface area contributed by atoms with Crippen molar-refractivity contribution in [3.05, 3.63) is 0 Å². The fourth-order valence-corrected chi connectivity index (χ4v) is 3.15. The van der Waals surface area contributed by atoms with E-state index in [-0.39, 0.29) is 0 Å². The summed E-state index contributed by atoms with van der Waals surface area (Å²) in [5.41, 5.74) is 0. The maximum Gasteiger partial charge on any atom is 0.320 e. The Labute approximate surface area is 90.6 Å². The minimum absolute atomic E-state index is 0.297. The van der Waals surface area contributed by atoms with E-state index in [1.54, 1.807) is 0 Å². The average molecular weight is 209 g/mol. The van der Waals surface area contributed by atoms with Gasteiger partial charge in [-0.3, -0.25) is 0 Å². The summed E-state index contributed by atoms with van der Waals surface area (Å²) in [6, 6.07) is 1.28. The van der Waals surface area contributed by atoms with E-state index >= 15 is 0 Å². The van der Waals surface area contributed by atoms with Crippen molar-refractivity contribution in [2.24, 2.45) is 0 Å². The first-order chi connectivity index (χ1) is 7.36. The first-order valence-corrected chi connectivity index (χ1v) is 6.14. The van der Waals surface area contributed by atoms with Gasteiger partial charge in [0.2, 0.25) is 0 Å². The monoisotopic (exact) mass is 209 g/mol. The molecule has 3 rings (SSSR count). The highest BCUT2D eigenvalue weighted by atomic mass is 16.2. The van der Waals surface area contributed by atoms with Crippen molar-refractivity contribution in [1.29, 1.82) is 0 Å². The van der Waals surface area contributed by atoms with Gasteiger partial charge in [0.1, 0.15) is 0 Å². The Morgan fingerprint density at radius 3 is 2.73 bits per heavy atom. The van der Waals surface area contributed by atoms with Crippen LogP contribution in [0.4, 0.5) is 4.79 Å². The van der Waals surface area contributed by atoms with Crippen LogP contribution in [0.5, 0.6) is 0 Å². The smallest absolute Gasteiger partial charge is 0.320 e. The lowest BCUT2D eigenvalue weighted by atomic mass is 10.1. The molecule has 1 N–H and O–H groups in total. The predicted molar refractivity (Wildman–Crippen MR) is 57.7 cm³/mol. The van der Waals surface area contributed by atoms with Crippen LogP contribution in [0.2, 0.25) is 0 Å². The predicted octanol–water partition coefficient (Wildman–Crippen LogP) is 0.638. The molecule has 2 amide bonds. The normalized spacial score (nSPS) is 36.1. The number of nitrogens with zero attached hydrogens (tertiary/aromatic N) is 2. The molecule has 0 aliphatic carbocycles. The second-order valence-electron chi connectivity index (χ2n) is 4.92. The third-order valence-corrected chi connectivity index (χ3v) is 3.99. The quantitative estimate of drug-likeness (QED) is 0.688.